The Bertz CT molecular complexity index is 1160. The lowest BCUT2D eigenvalue weighted by molar-refractivity contribution is 0.0962. The molecule has 3 aromatic rings. The lowest BCUT2D eigenvalue weighted by Gasteiger charge is -2.24. The van der Waals surface area contributed by atoms with E-state index in [-0.39, 0.29) is 23.6 Å². The predicted octanol–water partition coefficient (Wildman–Crippen LogP) is 3.67. The maximum absolute atomic E-state index is 12.7. The molecule has 0 saturated carbocycles. The van der Waals surface area contributed by atoms with Crippen molar-refractivity contribution >= 4 is 17.6 Å². The number of nitrogens with zero attached hydrogens (tertiary/aromatic N) is 2. The van der Waals surface area contributed by atoms with Gasteiger partial charge >= 0.3 is 0 Å². The van der Waals surface area contributed by atoms with Crippen LogP contribution in [-0.4, -0.2) is 43.0 Å². The molecule has 1 heterocycles. The maximum Gasteiger partial charge on any atom is 0.258 e. The predicted molar refractivity (Wildman–Crippen MR) is 118 cm³/mol. The molecule has 1 amide bonds. The molecule has 4 rings (SSSR count). The van der Waals surface area contributed by atoms with Crippen molar-refractivity contribution in [3.63, 3.8) is 0 Å². The van der Waals surface area contributed by atoms with Crippen LogP contribution in [-0.2, 0) is 6.42 Å². The summed E-state index contributed by atoms with van der Waals surface area (Å²) in [6, 6.07) is 12.4. The second-order valence-electron chi connectivity index (χ2n) is 7.38. The van der Waals surface area contributed by atoms with Crippen LogP contribution in [0.4, 0.5) is 5.95 Å². The summed E-state index contributed by atoms with van der Waals surface area (Å²) in [5, 5.41) is 2.70. The Labute approximate surface area is 185 Å². The first kappa shape index (κ1) is 21.3. The van der Waals surface area contributed by atoms with Crippen LogP contribution in [0.25, 0.3) is 0 Å². The number of rotatable bonds is 6. The summed E-state index contributed by atoms with van der Waals surface area (Å²) in [6.45, 7) is 0. The molecular formula is C24H23N3O5. The van der Waals surface area contributed by atoms with Crippen molar-refractivity contribution in [1.82, 2.24) is 9.97 Å². The zero-order valence-corrected chi connectivity index (χ0v) is 18.0. The highest BCUT2D eigenvalue weighted by molar-refractivity contribution is 6.03. The zero-order chi connectivity index (χ0) is 22.7. The molecule has 0 unspecified atom stereocenters. The molecule has 8 nitrogen and oxygen atoms in total. The largest absolute Gasteiger partial charge is 0.497 e. The molecule has 1 aliphatic rings. The van der Waals surface area contributed by atoms with Crippen LogP contribution >= 0.6 is 0 Å². The van der Waals surface area contributed by atoms with Gasteiger partial charge in [0, 0.05) is 18.2 Å². The molecular weight excluding hydrogens is 410 g/mol. The van der Waals surface area contributed by atoms with Gasteiger partial charge in [0.2, 0.25) is 5.95 Å². The minimum absolute atomic E-state index is 0.0286. The molecule has 1 aliphatic carbocycles. The number of ether oxygens (including phenoxy) is 3. The van der Waals surface area contributed by atoms with Gasteiger partial charge in [-0.3, -0.25) is 14.9 Å². The van der Waals surface area contributed by atoms with Crippen molar-refractivity contribution in [2.24, 2.45) is 0 Å². The number of hydrogen-bond donors (Lipinski definition) is 1. The van der Waals surface area contributed by atoms with Gasteiger partial charge in [-0.05, 0) is 54.3 Å². The third-order valence-electron chi connectivity index (χ3n) is 5.50. The summed E-state index contributed by atoms with van der Waals surface area (Å²) in [4.78, 5) is 33.9. The topological polar surface area (TPSA) is 99.6 Å². The van der Waals surface area contributed by atoms with Gasteiger partial charge in [-0.2, -0.15) is 0 Å². The number of aromatic nitrogens is 2. The maximum atomic E-state index is 12.7. The van der Waals surface area contributed by atoms with Crippen molar-refractivity contribution < 1.29 is 23.8 Å². The van der Waals surface area contributed by atoms with Gasteiger partial charge in [0.05, 0.1) is 32.6 Å². The molecule has 0 spiro atoms. The fourth-order valence-corrected chi connectivity index (χ4v) is 3.76. The summed E-state index contributed by atoms with van der Waals surface area (Å²) >= 11 is 0. The van der Waals surface area contributed by atoms with Crippen molar-refractivity contribution in [2.75, 3.05) is 26.6 Å². The summed E-state index contributed by atoms with van der Waals surface area (Å²) in [6.07, 6.45) is 2.38. The zero-order valence-electron chi connectivity index (χ0n) is 18.0. The van der Waals surface area contributed by atoms with Crippen LogP contribution in [0.15, 0.2) is 48.7 Å². The summed E-state index contributed by atoms with van der Waals surface area (Å²) < 4.78 is 15.8. The first-order valence-corrected chi connectivity index (χ1v) is 10.1. The van der Waals surface area contributed by atoms with Crippen molar-refractivity contribution in [3.8, 4) is 17.2 Å². The Morgan fingerprint density at radius 1 is 0.969 bits per heavy atom. The molecule has 32 heavy (non-hydrogen) atoms. The molecule has 1 aromatic heterocycles. The third-order valence-corrected chi connectivity index (χ3v) is 5.50. The van der Waals surface area contributed by atoms with Crippen LogP contribution < -0.4 is 19.5 Å². The lowest BCUT2D eigenvalue weighted by Crippen LogP contribution is -2.22. The average molecular weight is 433 g/mol. The molecule has 0 bridgehead atoms. The van der Waals surface area contributed by atoms with Gasteiger partial charge in [0.1, 0.15) is 5.75 Å². The first-order valence-electron chi connectivity index (χ1n) is 10.1. The molecule has 0 aliphatic heterocycles. The van der Waals surface area contributed by atoms with Crippen LogP contribution in [0, 0.1) is 0 Å². The molecule has 0 fully saturated rings. The van der Waals surface area contributed by atoms with E-state index in [4.69, 9.17) is 14.2 Å². The minimum Gasteiger partial charge on any atom is -0.497 e. The van der Waals surface area contributed by atoms with E-state index in [2.05, 4.69) is 15.3 Å². The van der Waals surface area contributed by atoms with E-state index in [9.17, 15) is 9.59 Å². The number of hydrogen-bond acceptors (Lipinski definition) is 7. The van der Waals surface area contributed by atoms with Gasteiger partial charge in [0.25, 0.3) is 5.91 Å². The van der Waals surface area contributed by atoms with E-state index in [1.165, 1.54) is 6.20 Å². The number of ketones is 1. The Morgan fingerprint density at radius 2 is 1.72 bits per heavy atom. The highest BCUT2D eigenvalue weighted by Crippen LogP contribution is 2.36. The van der Waals surface area contributed by atoms with Crippen molar-refractivity contribution in [1.29, 1.82) is 0 Å². The molecule has 0 saturated heterocycles. The minimum atomic E-state index is -0.342. The van der Waals surface area contributed by atoms with Gasteiger partial charge in [-0.25, -0.2) is 9.97 Å². The van der Waals surface area contributed by atoms with Crippen LogP contribution in [0.2, 0.25) is 0 Å². The van der Waals surface area contributed by atoms with E-state index >= 15 is 0 Å². The molecule has 1 N–H and O–H groups in total. The number of amides is 1. The average Bonchev–Trinajstić information content (AvgIpc) is 2.83. The number of benzene rings is 2. The van der Waals surface area contributed by atoms with Crippen molar-refractivity contribution in [2.45, 2.75) is 18.8 Å². The Balaban J connectivity index is 1.55. The van der Waals surface area contributed by atoms with E-state index in [1.54, 1.807) is 45.6 Å². The smallest absolute Gasteiger partial charge is 0.258 e. The number of anilines is 1. The number of fused-ring (bicyclic) bond motifs is 1. The molecule has 0 radical (unpaired) electrons. The fraction of sp³-hybridized carbons (Fsp3) is 0.250. The highest BCUT2D eigenvalue weighted by atomic mass is 16.5. The van der Waals surface area contributed by atoms with Crippen LogP contribution in [0.5, 0.6) is 17.2 Å². The number of Topliss-reactive ketones (excluding diaryl/α,β-unsaturated/α-hetero) is 1. The lowest BCUT2D eigenvalue weighted by atomic mass is 9.82. The second kappa shape index (κ2) is 9.05. The quantitative estimate of drug-likeness (QED) is 0.633. The fourth-order valence-electron chi connectivity index (χ4n) is 3.76. The Hall–Kier alpha value is -3.94. The van der Waals surface area contributed by atoms with Gasteiger partial charge in [-0.15, -0.1) is 0 Å². The number of methoxy groups -OCH3 is 3. The monoisotopic (exact) mass is 433 g/mol. The SMILES string of the molecule is COc1ccc(C(=O)Nc2ncc3c(n2)C[C@H](c2ccc(OC)c(OC)c2)CC3=O)cc1. The highest BCUT2D eigenvalue weighted by Gasteiger charge is 2.29. The molecule has 8 heteroatoms. The summed E-state index contributed by atoms with van der Waals surface area (Å²) in [5.74, 6) is 1.62. The standard InChI is InChI=1S/C24H23N3O5/c1-30-17-7-4-14(5-8-17)23(29)27-24-25-13-18-19(26-24)10-16(11-20(18)28)15-6-9-21(31-2)22(12-15)32-3/h4-9,12-13,16H,10-11H2,1-3H3,(H,25,26,27,29)/t16-/m0/s1. The van der Waals surface area contributed by atoms with Crippen LogP contribution in [0.1, 0.15) is 44.3 Å². The van der Waals surface area contributed by atoms with E-state index in [0.29, 0.717) is 46.9 Å². The van der Waals surface area contributed by atoms with Crippen molar-refractivity contribution in [3.05, 3.63) is 71.0 Å². The molecule has 164 valence electrons. The Morgan fingerprint density at radius 3 is 2.41 bits per heavy atom. The number of nitrogens with one attached hydrogen (secondary N) is 1. The molecule has 2 aromatic carbocycles. The van der Waals surface area contributed by atoms with Crippen LogP contribution in [0.3, 0.4) is 0 Å². The summed E-state index contributed by atoms with van der Waals surface area (Å²) in [7, 11) is 4.72. The van der Waals surface area contributed by atoms with Gasteiger partial charge in [-0.1, -0.05) is 6.07 Å². The number of carbonyl (C=O) groups is 2. The Kier molecular flexibility index (Phi) is 6.02. The first-order chi connectivity index (χ1) is 15.5. The van der Waals surface area contributed by atoms with E-state index < -0.39 is 0 Å². The molecule has 1 atom stereocenters. The van der Waals surface area contributed by atoms with E-state index in [0.717, 1.165) is 5.56 Å². The second-order valence-corrected chi connectivity index (χ2v) is 7.38. The van der Waals surface area contributed by atoms with E-state index in [1.807, 2.05) is 18.2 Å². The van der Waals surface area contributed by atoms with Gasteiger partial charge < -0.3 is 14.2 Å². The third kappa shape index (κ3) is 4.25. The number of carbonyl (C=O) groups excluding carboxylic acids is 2. The van der Waals surface area contributed by atoms with Gasteiger partial charge in [0.15, 0.2) is 17.3 Å². The summed E-state index contributed by atoms with van der Waals surface area (Å²) in [5.41, 5.74) is 2.51. The normalized spacial score (nSPS) is 15.0.